The van der Waals surface area contributed by atoms with Gasteiger partial charge in [0.05, 0.1) is 25.3 Å². The summed E-state index contributed by atoms with van der Waals surface area (Å²) >= 11 is 0. The standard InChI is InChI=1S/C17H20FN5O2/c1-12(24)23-9-14(18)7-15(23)10-22-11-16(20-21-22)17(25)19-8-13-5-3-2-4-6-13/h2-6,11,14-15H,7-10H2,1H3,(H,19,25). The molecule has 1 aromatic heterocycles. The fraction of sp³-hybridized carbons (Fsp3) is 0.412. The molecule has 3 rings (SSSR count). The fourth-order valence-electron chi connectivity index (χ4n) is 2.99. The van der Waals surface area contributed by atoms with Crippen molar-refractivity contribution >= 4 is 11.8 Å². The molecule has 1 fully saturated rings. The summed E-state index contributed by atoms with van der Waals surface area (Å²) in [5, 5.41) is 10.6. The maximum atomic E-state index is 13.6. The highest BCUT2D eigenvalue weighted by Crippen LogP contribution is 2.21. The smallest absolute Gasteiger partial charge is 0.273 e. The zero-order chi connectivity index (χ0) is 17.8. The van der Waals surface area contributed by atoms with Gasteiger partial charge < -0.3 is 10.2 Å². The van der Waals surface area contributed by atoms with Crippen molar-refractivity contribution in [2.45, 2.75) is 38.6 Å². The molecule has 132 valence electrons. The van der Waals surface area contributed by atoms with E-state index >= 15 is 0 Å². The minimum absolute atomic E-state index is 0.110. The van der Waals surface area contributed by atoms with Crippen molar-refractivity contribution in [2.24, 2.45) is 0 Å². The molecule has 7 nitrogen and oxygen atoms in total. The lowest BCUT2D eigenvalue weighted by Crippen LogP contribution is -2.36. The van der Waals surface area contributed by atoms with Gasteiger partial charge in [0.2, 0.25) is 5.91 Å². The Labute approximate surface area is 144 Å². The maximum absolute atomic E-state index is 13.6. The van der Waals surface area contributed by atoms with Crippen LogP contribution < -0.4 is 5.32 Å². The number of nitrogens with zero attached hydrogens (tertiary/aromatic N) is 4. The van der Waals surface area contributed by atoms with E-state index in [9.17, 15) is 14.0 Å². The number of benzene rings is 1. The number of amides is 2. The van der Waals surface area contributed by atoms with Crippen molar-refractivity contribution < 1.29 is 14.0 Å². The van der Waals surface area contributed by atoms with E-state index in [0.29, 0.717) is 13.1 Å². The van der Waals surface area contributed by atoms with Gasteiger partial charge in [-0.1, -0.05) is 35.5 Å². The van der Waals surface area contributed by atoms with E-state index in [1.165, 1.54) is 22.7 Å². The van der Waals surface area contributed by atoms with E-state index in [-0.39, 0.29) is 36.5 Å². The third-order valence-electron chi connectivity index (χ3n) is 4.23. The van der Waals surface area contributed by atoms with Crippen LogP contribution in [0.25, 0.3) is 0 Å². The maximum Gasteiger partial charge on any atom is 0.273 e. The molecule has 0 bridgehead atoms. The molecule has 25 heavy (non-hydrogen) atoms. The zero-order valence-electron chi connectivity index (χ0n) is 13.9. The molecule has 2 heterocycles. The number of rotatable bonds is 5. The van der Waals surface area contributed by atoms with Crippen LogP contribution in [0.4, 0.5) is 4.39 Å². The molecule has 8 heteroatoms. The first-order valence-electron chi connectivity index (χ1n) is 8.16. The summed E-state index contributed by atoms with van der Waals surface area (Å²) in [6.45, 7) is 2.25. The Morgan fingerprint density at radius 1 is 1.32 bits per heavy atom. The van der Waals surface area contributed by atoms with Crippen molar-refractivity contribution in [3.8, 4) is 0 Å². The second-order valence-electron chi connectivity index (χ2n) is 6.15. The zero-order valence-corrected chi connectivity index (χ0v) is 13.9. The van der Waals surface area contributed by atoms with Crippen LogP contribution in [0.1, 0.15) is 29.4 Å². The number of alkyl halides is 1. The summed E-state index contributed by atoms with van der Waals surface area (Å²) in [4.78, 5) is 25.2. The summed E-state index contributed by atoms with van der Waals surface area (Å²) in [6, 6.07) is 9.28. The normalized spacial score (nSPS) is 19.8. The summed E-state index contributed by atoms with van der Waals surface area (Å²) in [7, 11) is 0. The van der Waals surface area contributed by atoms with Gasteiger partial charge in [0.1, 0.15) is 6.17 Å². The lowest BCUT2D eigenvalue weighted by atomic mass is 10.2. The molecule has 1 N–H and O–H groups in total. The first kappa shape index (κ1) is 17.1. The van der Waals surface area contributed by atoms with Crippen LogP contribution in [-0.4, -0.2) is 50.5 Å². The predicted molar refractivity (Wildman–Crippen MR) is 88.3 cm³/mol. The minimum atomic E-state index is -1.02. The molecule has 1 aliphatic heterocycles. The molecule has 2 amide bonds. The van der Waals surface area contributed by atoms with E-state index in [4.69, 9.17) is 0 Å². The summed E-state index contributed by atoms with van der Waals surface area (Å²) in [5.74, 6) is -0.487. The number of hydrogen-bond acceptors (Lipinski definition) is 4. The molecule has 2 aromatic rings. The average molecular weight is 345 g/mol. The molecule has 0 spiro atoms. The van der Waals surface area contributed by atoms with Crippen molar-refractivity contribution in [1.82, 2.24) is 25.2 Å². The summed E-state index contributed by atoms with van der Waals surface area (Å²) < 4.78 is 15.1. The Morgan fingerprint density at radius 3 is 2.80 bits per heavy atom. The molecule has 0 saturated carbocycles. The highest BCUT2D eigenvalue weighted by molar-refractivity contribution is 5.91. The topological polar surface area (TPSA) is 80.1 Å². The Morgan fingerprint density at radius 2 is 2.08 bits per heavy atom. The number of likely N-dealkylation sites (tertiary alicyclic amines) is 1. The van der Waals surface area contributed by atoms with Crippen LogP contribution >= 0.6 is 0 Å². The molecule has 1 saturated heterocycles. The summed E-state index contributed by atoms with van der Waals surface area (Å²) in [5.41, 5.74) is 1.18. The molecule has 0 radical (unpaired) electrons. The third kappa shape index (κ3) is 4.20. The predicted octanol–water partition coefficient (Wildman–Crippen LogP) is 1.17. The number of halogens is 1. The fourth-order valence-corrected chi connectivity index (χ4v) is 2.99. The molecule has 2 atom stereocenters. The van der Waals surface area contributed by atoms with Crippen LogP contribution in [-0.2, 0) is 17.9 Å². The number of hydrogen-bond donors (Lipinski definition) is 1. The van der Waals surface area contributed by atoms with E-state index in [1.54, 1.807) is 0 Å². The first-order chi connectivity index (χ1) is 12.0. The molecule has 1 aromatic carbocycles. The van der Waals surface area contributed by atoms with Gasteiger partial charge in [-0.05, 0) is 5.56 Å². The Bertz CT molecular complexity index is 749. The van der Waals surface area contributed by atoms with Crippen molar-refractivity contribution in [1.29, 1.82) is 0 Å². The second-order valence-corrected chi connectivity index (χ2v) is 6.15. The van der Waals surface area contributed by atoms with Gasteiger partial charge in [-0.25, -0.2) is 9.07 Å². The van der Waals surface area contributed by atoms with Gasteiger partial charge in [0.25, 0.3) is 5.91 Å². The third-order valence-corrected chi connectivity index (χ3v) is 4.23. The van der Waals surface area contributed by atoms with Crippen LogP contribution in [0, 0.1) is 0 Å². The quantitative estimate of drug-likeness (QED) is 0.882. The van der Waals surface area contributed by atoms with Crippen molar-refractivity contribution in [3.05, 3.63) is 47.8 Å². The highest BCUT2D eigenvalue weighted by Gasteiger charge is 2.34. The van der Waals surface area contributed by atoms with Crippen LogP contribution in [0.2, 0.25) is 0 Å². The van der Waals surface area contributed by atoms with Gasteiger partial charge in [-0.15, -0.1) is 5.10 Å². The molecular weight excluding hydrogens is 325 g/mol. The van der Waals surface area contributed by atoms with Crippen LogP contribution in [0.3, 0.4) is 0 Å². The van der Waals surface area contributed by atoms with Gasteiger partial charge >= 0.3 is 0 Å². The lowest BCUT2D eigenvalue weighted by Gasteiger charge is -2.22. The van der Waals surface area contributed by atoms with E-state index in [0.717, 1.165) is 5.56 Å². The lowest BCUT2D eigenvalue weighted by molar-refractivity contribution is -0.130. The highest BCUT2D eigenvalue weighted by atomic mass is 19.1. The van der Waals surface area contributed by atoms with Crippen LogP contribution in [0.15, 0.2) is 36.5 Å². The molecule has 1 aliphatic rings. The Hall–Kier alpha value is -2.77. The van der Waals surface area contributed by atoms with Crippen LogP contribution in [0.5, 0.6) is 0 Å². The van der Waals surface area contributed by atoms with Crippen molar-refractivity contribution in [3.63, 3.8) is 0 Å². The average Bonchev–Trinajstić information content (AvgIpc) is 3.20. The second kappa shape index (κ2) is 7.42. The Balaban J connectivity index is 1.58. The Kier molecular flexibility index (Phi) is 5.06. The van der Waals surface area contributed by atoms with Gasteiger partial charge in [-0.3, -0.25) is 9.59 Å². The van der Waals surface area contributed by atoms with E-state index in [2.05, 4.69) is 15.6 Å². The number of carbonyl (C=O) groups excluding carboxylic acids is 2. The van der Waals surface area contributed by atoms with E-state index < -0.39 is 6.17 Å². The number of carbonyl (C=O) groups is 2. The molecule has 2 unspecified atom stereocenters. The summed E-state index contributed by atoms with van der Waals surface area (Å²) in [6.07, 6.45) is 0.769. The van der Waals surface area contributed by atoms with Gasteiger partial charge in [0.15, 0.2) is 5.69 Å². The monoisotopic (exact) mass is 345 g/mol. The number of aromatic nitrogens is 3. The number of nitrogens with one attached hydrogen (secondary N) is 1. The minimum Gasteiger partial charge on any atom is -0.347 e. The van der Waals surface area contributed by atoms with E-state index in [1.807, 2.05) is 30.3 Å². The largest absolute Gasteiger partial charge is 0.347 e. The van der Waals surface area contributed by atoms with Gasteiger partial charge in [0, 0.05) is 19.9 Å². The molecule has 0 aliphatic carbocycles. The SMILES string of the molecule is CC(=O)N1CC(F)CC1Cn1cc(C(=O)NCc2ccccc2)nn1. The first-order valence-corrected chi connectivity index (χ1v) is 8.16. The van der Waals surface area contributed by atoms with Crippen molar-refractivity contribution in [2.75, 3.05) is 6.54 Å². The van der Waals surface area contributed by atoms with Gasteiger partial charge in [-0.2, -0.15) is 0 Å². The molecular formula is C17H20FN5O2.